The van der Waals surface area contributed by atoms with E-state index in [4.69, 9.17) is 0 Å². The third kappa shape index (κ3) is 4.07. The molecule has 7 heteroatoms. The molecule has 1 heterocycles. The van der Waals surface area contributed by atoms with E-state index in [9.17, 15) is 8.42 Å². The average Bonchev–Trinajstić information content (AvgIpc) is 2.49. The minimum Gasteiger partial charge on any atom is -0.316 e. The molecule has 0 bridgehead atoms. The molecule has 0 spiro atoms. The molecule has 0 amide bonds. The van der Waals surface area contributed by atoms with Crippen molar-refractivity contribution in [3.8, 4) is 0 Å². The highest BCUT2D eigenvalue weighted by molar-refractivity contribution is 7.89. The van der Waals surface area contributed by atoms with Crippen molar-refractivity contribution >= 4 is 10.0 Å². The predicted molar refractivity (Wildman–Crippen MR) is 80.0 cm³/mol. The van der Waals surface area contributed by atoms with E-state index in [0.717, 1.165) is 11.1 Å². The van der Waals surface area contributed by atoms with Gasteiger partial charge in [-0.2, -0.15) is 10.2 Å². The van der Waals surface area contributed by atoms with Gasteiger partial charge in [-0.3, -0.25) is 0 Å². The maximum absolute atomic E-state index is 12.3. The average molecular weight is 306 g/mol. The summed E-state index contributed by atoms with van der Waals surface area (Å²) >= 11 is 0. The molecular weight excluding hydrogens is 288 g/mol. The van der Waals surface area contributed by atoms with Crippen LogP contribution in [0.4, 0.5) is 0 Å². The van der Waals surface area contributed by atoms with E-state index in [1.807, 2.05) is 20.0 Å². The molecule has 1 aromatic heterocycles. The van der Waals surface area contributed by atoms with Gasteiger partial charge in [0, 0.05) is 12.7 Å². The fraction of sp³-hybridized carbons (Fsp3) is 0.286. The topological polar surface area (TPSA) is 84.0 Å². The fourth-order valence-electron chi connectivity index (χ4n) is 1.88. The summed E-state index contributed by atoms with van der Waals surface area (Å²) in [5.41, 5.74) is 2.58. The van der Waals surface area contributed by atoms with E-state index < -0.39 is 10.0 Å². The van der Waals surface area contributed by atoms with E-state index in [2.05, 4.69) is 20.2 Å². The molecule has 0 fully saturated rings. The Morgan fingerprint density at radius 1 is 1.19 bits per heavy atom. The van der Waals surface area contributed by atoms with Gasteiger partial charge in [-0.15, -0.1) is 0 Å². The van der Waals surface area contributed by atoms with Gasteiger partial charge in [0.2, 0.25) is 10.0 Å². The van der Waals surface area contributed by atoms with Crippen LogP contribution in [-0.2, 0) is 23.1 Å². The number of nitrogens with zero attached hydrogens (tertiary/aromatic N) is 2. The zero-order valence-electron chi connectivity index (χ0n) is 12.0. The van der Waals surface area contributed by atoms with Crippen molar-refractivity contribution in [2.45, 2.75) is 24.9 Å². The van der Waals surface area contributed by atoms with Gasteiger partial charge in [-0.25, -0.2) is 13.1 Å². The lowest BCUT2D eigenvalue weighted by molar-refractivity contribution is 0.579. The van der Waals surface area contributed by atoms with Gasteiger partial charge in [0.15, 0.2) is 0 Å². The Morgan fingerprint density at radius 3 is 2.67 bits per heavy atom. The Bertz CT molecular complexity index is 702. The smallest absolute Gasteiger partial charge is 0.240 e. The number of rotatable bonds is 6. The van der Waals surface area contributed by atoms with Crippen LogP contribution in [0.5, 0.6) is 0 Å². The molecule has 0 aliphatic heterocycles. The van der Waals surface area contributed by atoms with Gasteiger partial charge in [0.1, 0.15) is 0 Å². The van der Waals surface area contributed by atoms with Crippen LogP contribution < -0.4 is 10.0 Å². The van der Waals surface area contributed by atoms with Crippen molar-refractivity contribution in [3.05, 3.63) is 53.3 Å². The maximum atomic E-state index is 12.3. The van der Waals surface area contributed by atoms with Gasteiger partial charge >= 0.3 is 0 Å². The maximum Gasteiger partial charge on any atom is 0.240 e. The molecule has 2 N–H and O–H groups in total. The first-order valence-electron chi connectivity index (χ1n) is 6.53. The molecule has 0 unspecified atom stereocenters. The first kappa shape index (κ1) is 15.6. The molecule has 0 saturated heterocycles. The number of benzene rings is 1. The van der Waals surface area contributed by atoms with Crippen LogP contribution in [-0.4, -0.2) is 25.7 Å². The van der Waals surface area contributed by atoms with Crippen LogP contribution >= 0.6 is 0 Å². The van der Waals surface area contributed by atoms with Crippen LogP contribution in [0.1, 0.15) is 16.8 Å². The van der Waals surface area contributed by atoms with E-state index in [-0.39, 0.29) is 11.4 Å². The first-order valence-corrected chi connectivity index (χ1v) is 8.01. The number of aromatic nitrogens is 2. The van der Waals surface area contributed by atoms with Crippen LogP contribution in [0, 0.1) is 6.92 Å². The Morgan fingerprint density at radius 2 is 2.00 bits per heavy atom. The third-order valence-corrected chi connectivity index (χ3v) is 4.47. The number of aryl methyl sites for hydroxylation is 1. The van der Waals surface area contributed by atoms with Crippen LogP contribution in [0.2, 0.25) is 0 Å². The summed E-state index contributed by atoms with van der Waals surface area (Å²) in [5, 5.41) is 10.6. The summed E-state index contributed by atoms with van der Waals surface area (Å²) in [4.78, 5) is 0.252. The lowest BCUT2D eigenvalue weighted by atomic mass is 10.1. The highest BCUT2D eigenvalue weighted by Crippen LogP contribution is 2.15. The van der Waals surface area contributed by atoms with Gasteiger partial charge < -0.3 is 5.32 Å². The van der Waals surface area contributed by atoms with Gasteiger partial charge in [-0.1, -0.05) is 6.07 Å². The molecule has 0 aliphatic rings. The third-order valence-electron chi connectivity index (χ3n) is 3.07. The SMILES string of the molecule is CNCc1cc(S(=O)(=O)NCc2cccnn2)ccc1C. The summed E-state index contributed by atoms with van der Waals surface area (Å²) in [5.74, 6) is 0. The molecule has 2 aromatic rings. The highest BCUT2D eigenvalue weighted by atomic mass is 32.2. The first-order chi connectivity index (χ1) is 10.0. The van der Waals surface area contributed by atoms with Crippen molar-refractivity contribution in [1.29, 1.82) is 0 Å². The zero-order chi connectivity index (χ0) is 15.3. The van der Waals surface area contributed by atoms with Gasteiger partial charge in [-0.05, 0) is 49.4 Å². The summed E-state index contributed by atoms with van der Waals surface area (Å²) in [6.45, 7) is 2.70. The summed E-state index contributed by atoms with van der Waals surface area (Å²) < 4.78 is 27.1. The molecule has 1 aromatic carbocycles. The Balaban J connectivity index is 2.17. The summed E-state index contributed by atoms with van der Waals surface area (Å²) in [6, 6.07) is 8.53. The van der Waals surface area contributed by atoms with Gasteiger partial charge in [0.05, 0.1) is 17.1 Å². The standard InChI is InChI=1S/C14H18N4O2S/c1-11-5-6-14(8-12(11)9-15-2)21(19,20)17-10-13-4-3-7-16-18-13/h3-8,15,17H,9-10H2,1-2H3. The van der Waals surface area contributed by atoms with Crippen molar-refractivity contribution in [1.82, 2.24) is 20.2 Å². The van der Waals surface area contributed by atoms with Crippen molar-refractivity contribution in [3.63, 3.8) is 0 Å². The van der Waals surface area contributed by atoms with Gasteiger partial charge in [0.25, 0.3) is 0 Å². The largest absolute Gasteiger partial charge is 0.316 e. The molecule has 0 atom stereocenters. The molecule has 6 nitrogen and oxygen atoms in total. The Kier molecular flexibility index (Phi) is 5.00. The second kappa shape index (κ2) is 6.75. The summed E-state index contributed by atoms with van der Waals surface area (Å²) in [6.07, 6.45) is 1.54. The molecule has 2 rings (SSSR count). The minimum absolute atomic E-state index is 0.116. The van der Waals surface area contributed by atoms with E-state index >= 15 is 0 Å². The quantitative estimate of drug-likeness (QED) is 0.831. The molecule has 0 aliphatic carbocycles. The van der Waals surface area contributed by atoms with Crippen LogP contribution in [0.25, 0.3) is 0 Å². The normalized spacial score (nSPS) is 11.5. The predicted octanol–water partition coefficient (Wildman–Crippen LogP) is 0.983. The number of hydrogen-bond donors (Lipinski definition) is 2. The fourth-order valence-corrected chi connectivity index (χ4v) is 2.93. The number of hydrogen-bond acceptors (Lipinski definition) is 5. The zero-order valence-corrected chi connectivity index (χ0v) is 12.8. The van der Waals surface area contributed by atoms with Crippen molar-refractivity contribution in [2.75, 3.05) is 7.05 Å². The lowest BCUT2D eigenvalue weighted by Gasteiger charge is -2.10. The molecule has 0 saturated carbocycles. The molecule has 21 heavy (non-hydrogen) atoms. The number of sulfonamides is 1. The Labute approximate surface area is 124 Å². The van der Waals surface area contributed by atoms with E-state index in [0.29, 0.717) is 12.2 Å². The second-order valence-electron chi connectivity index (χ2n) is 4.66. The minimum atomic E-state index is -3.56. The molecule has 0 radical (unpaired) electrons. The van der Waals surface area contributed by atoms with E-state index in [1.165, 1.54) is 0 Å². The highest BCUT2D eigenvalue weighted by Gasteiger charge is 2.15. The summed E-state index contributed by atoms with van der Waals surface area (Å²) in [7, 11) is -1.74. The van der Waals surface area contributed by atoms with Crippen molar-refractivity contribution in [2.24, 2.45) is 0 Å². The second-order valence-corrected chi connectivity index (χ2v) is 6.43. The van der Waals surface area contributed by atoms with E-state index in [1.54, 1.807) is 30.5 Å². The van der Waals surface area contributed by atoms with Crippen LogP contribution in [0.3, 0.4) is 0 Å². The lowest BCUT2D eigenvalue weighted by Crippen LogP contribution is -2.24. The van der Waals surface area contributed by atoms with Crippen LogP contribution in [0.15, 0.2) is 41.4 Å². The Hall–Kier alpha value is -1.83. The molecular formula is C14H18N4O2S. The monoisotopic (exact) mass is 306 g/mol. The van der Waals surface area contributed by atoms with Crippen molar-refractivity contribution < 1.29 is 8.42 Å². The number of nitrogens with one attached hydrogen (secondary N) is 2. The molecule has 112 valence electrons.